The van der Waals surface area contributed by atoms with Crippen LogP contribution in [0.3, 0.4) is 0 Å². The van der Waals surface area contributed by atoms with Crippen LogP contribution >= 0.6 is 11.3 Å². The van der Waals surface area contributed by atoms with Crippen molar-refractivity contribution in [1.82, 2.24) is 0 Å². The molecule has 1 saturated heterocycles. The normalized spacial score (nSPS) is 27.4. The highest BCUT2D eigenvalue weighted by molar-refractivity contribution is 7.19. The third-order valence-electron chi connectivity index (χ3n) is 5.53. The largest absolute Gasteiger partial charge is 0.508 e. The molecule has 6 nitrogen and oxygen atoms in total. The van der Waals surface area contributed by atoms with Gasteiger partial charge in [-0.2, -0.15) is 0 Å². The summed E-state index contributed by atoms with van der Waals surface area (Å²) in [7, 11) is 0. The van der Waals surface area contributed by atoms with E-state index in [4.69, 9.17) is 4.74 Å². The molecule has 1 fully saturated rings. The molecule has 0 spiro atoms. The maximum absolute atomic E-state index is 10.5. The smallest absolute Gasteiger partial charge is 0.121 e. The van der Waals surface area contributed by atoms with E-state index in [1.807, 2.05) is 19.1 Å². The second-order valence-corrected chi connectivity index (χ2v) is 8.68. The Bertz CT molecular complexity index is 981. The fourth-order valence-corrected chi connectivity index (χ4v) is 4.93. The number of phenols is 1. The Morgan fingerprint density at radius 3 is 2.48 bits per heavy atom. The molecule has 1 aliphatic heterocycles. The highest BCUT2D eigenvalue weighted by Gasteiger charge is 2.44. The number of ether oxygens (including phenoxy) is 1. The summed E-state index contributed by atoms with van der Waals surface area (Å²) in [5.41, 5.74) is 2.18. The summed E-state index contributed by atoms with van der Waals surface area (Å²) in [5.74, 6) is -0.0630. The van der Waals surface area contributed by atoms with Crippen LogP contribution in [0.5, 0.6) is 5.75 Å². The third-order valence-corrected chi connectivity index (χ3v) is 6.64. The maximum atomic E-state index is 10.5. The minimum Gasteiger partial charge on any atom is -0.508 e. The Morgan fingerprint density at radius 1 is 1.00 bits per heavy atom. The summed E-state index contributed by atoms with van der Waals surface area (Å²) >= 11 is 1.70. The van der Waals surface area contributed by atoms with Gasteiger partial charge in [0.05, 0.1) is 6.61 Å². The van der Waals surface area contributed by atoms with Gasteiger partial charge >= 0.3 is 0 Å². The molecule has 154 valence electrons. The summed E-state index contributed by atoms with van der Waals surface area (Å²) in [5, 5.41) is 51.6. The lowest BCUT2D eigenvalue weighted by molar-refractivity contribution is -0.232. The Balaban J connectivity index is 1.68. The van der Waals surface area contributed by atoms with Crippen LogP contribution < -0.4 is 0 Å². The van der Waals surface area contributed by atoms with Crippen LogP contribution in [-0.2, 0) is 11.2 Å². The van der Waals surface area contributed by atoms with Gasteiger partial charge in [0.15, 0.2) is 0 Å². The summed E-state index contributed by atoms with van der Waals surface area (Å²) in [6, 6.07) is 13.7. The van der Waals surface area contributed by atoms with Gasteiger partial charge in [-0.25, -0.2) is 0 Å². The molecule has 5 atom stereocenters. The predicted molar refractivity (Wildman–Crippen MR) is 110 cm³/mol. The second kappa shape index (κ2) is 8.02. The Kier molecular flexibility index (Phi) is 5.61. The second-order valence-electron chi connectivity index (χ2n) is 7.51. The van der Waals surface area contributed by atoms with E-state index >= 15 is 0 Å². The molecule has 0 saturated carbocycles. The number of phenolic OH excluding ortho intramolecular Hbond substituents is 1. The van der Waals surface area contributed by atoms with E-state index in [2.05, 4.69) is 18.2 Å². The van der Waals surface area contributed by atoms with Crippen LogP contribution in [0.25, 0.3) is 10.1 Å². The lowest BCUT2D eigenvalue weighted by atomic mass is 9.89. The standard InChI is InChI=1S/C22H24O6S/c1-11-6-16(24)15(22-21(27)20(26)19(25)17(10-23)28-22)9-13(11)8-14-7-12-4-2-3-5-18(12)29-14/h2-7,9,17,19-27H,8,10H2,1H3/t17?,19-,20+,21-,22+/m1/s1. The molecule has 2 aromatic carbocycles. The minimum atomic E-state index is -1.49. The third kappa shape index (κ3) is 3.77. The maximum Gasteiger partial charge on any atom is 0.121 e. The van der Waals surface area contributed by atoms with Gasteiger partial charge in [-0.1, -0.05) is 18.2 Å². The zero-order valence-corrected chi connectivity index (χ0v) is 16.7. The summed E-state index contributed by atoms with van der Waals surface area (Å²) in [4.78, 5) is 1.17. The van der Waals surface area contributed by atoms with Crippen LogP contribution in [0, 0.1) is 6.92 Å². The first kappa shape index (κ1) is 20.3. The first-order valence-corrected chi connectivity index (χ1v) is 10.3. The average Bonchev–Trinajstić information content (AvgIpc) is 3.11. The molecule has 0 amide bonds. The van der Waals surface area contributed by atoms with Crippen molar-refractivity contribution < 1.29 is 30.3 Å². The van der Waals surface area contributed by atoms with Crippen LogP contribution in [0.2, 0.25) is 0 Å². The number of hydrogen-bond acceptors (Lipinski definition) is 7. The summed E-state index contributed by atoms with van der Waals surface area (Å²) in [6.07, 6.45) is -5.79. The summed E-state index contributed by atoms with van der Waals surface area (Å²) < 4.78 is 6.83. The lowest BCUT2D eigenvalue weighted by Crippen LogP contribution is -2.55. The van der Waals surface area contributed by atoms with Gasteiger partial charge in [-0.3, -0.25) is 0 Å². The van der Waals surface area contributed by atoms with Crippen LogP contribution in [0.4, 0.5) is 0 Å². The molecular formula is C22H24O6S. The van der Waals surface area contributed by atoms with E-state index in [-0.39, 0.29) is 5.75 Å². The molecule has 1 unspecified atom stereocenters. The topological polar surface area (TPSA) is 110 Å². The molecule has 4 rings (SSSR count). The fraction of sp³-hybridized carbons (Fsp3) is 0.364. The van der Waals surface area contributed by atoms with Gasteiger partial charge in [0.1, 0.15) is 36.3 Å². The van der Waals surface area contributed by atoms with Crippen molar-refractivity contribution in [2.75, 3.05) is 6.61 Å². The van der Waals surface area contributed by atoms with Crippen LogP contribution in [0.1, 0.15) is 27.7 Å². The number of rotatable bonds is 4. The molecule has 1 aromatic heterocycles. The van der Waals surface area contributed by atoms with E-state index in [1.165, 1.54) is 15.0 Å². The lowest BCUT2D eigenvalue weighted by Gasteiger charge is -2.40. The molecule has 5 N–H and O–H groups in total. The number of fused-ring (bicyclic) bond motifs is 1. The number of aliphatic hydroxyl groups is 4. The zero-order valence-electron chi connectivity index (χ0n) is 15.9. The van der Waals surface area contributed by atoms with E-state index in [0.717, 1.165) is 11.1 Å². The SMILES string of the molecule is Cc1cc(O)c([C@@H]2OC(CO)[C@@H](O)[C@H](O)[C@H]2O)cc1Cc1cc2ccccc2s1. The van der Waals surface area contributed by atoms with Gasteiger partial charge in [0.2, 0.25) is 0 Å². The van der Waals surface area contributed by atoms with Crippen LogP contribution in [0.15, 0.2) is 42.5 Å². The van der Waals surface area contributed by atoms with Crippen LogP contribution in [-0.4, -0.2) is 56.6 Å². The van der Waals surface area contributed by atoms with E-state index in [1.54, 1.807) is 23.5 Å². The molecule has 29 heavy (non-hydrogen) atoms. The zero-order chi connectivity index (χ0) is 20.7. The Hall–Kier alpha value is -2.00. The number of benzene rings is 2. The highest BCUT2D eigenvalue weighted by Crippen LogP contribution is 2.38. The number of aromatic hydroxyl groups is 1. The van der Waals surface area contributed by atoms with Crippen molar-refractivity contribution in [3.05, 3.63) is 64.0 Å². The molecule has 0 aliphatic carbocycles. The van der Waals surface area contributed by atoms with Crippen molar-refractivity contribution in [3.8, 4) is 5.75 Å². The van der Waals surface area contributed by atoms with Gasteiger partial charge in [-0.05, 0) is 47.7 Å². The van der Waals surface area contributed by atoms with Gasteiger partial charge in [0, 0.05) is 21.6 Å². The minimum absolute atomic E-state index is 0.0630. The van der Waals surface area contributed by atoms with Crippen molar-refractivity contribution in [1.29, 1.82) is 0 Å². The number of aryl methyl sites for hydroxylation is 1. The van der Waals surface area contributed by atoms with Crippen molar-refractivity contribution in [2.24, 2.45) is 0 Å². The fourth-order valence-electron chi connectivity index (χ4n) is 3.85. The summed E-state index contributed by atoms with van der Waals surface area (Å²) in [6.45, 7) is 1.39. The van der Waals surface area contributed by atoms with Gasteiger partial charge in [-0.15, -0.1) is 11.3 Å². The monoisotopic (exact) mass is 416 g/mol. The number of aliphatic hydroxyl groups excluding tert-OH is 4. The average molecular weight is 416 g/mol. The number of thiophene rings is 1. The van der Waals surface area contributed by atoms with Crippen molar-refractivity contribution in [3.63, 3.8) is 0 Å². The Morgan fingerprint density at radius 2 is 1.76 bits per heavy atom. The molecule has 2 heterocycles. The van der Waals surface area contributed by atoms with E-state index in [0.29, 0.717) is 12.0 Å². The molecule has 1 aliphatic rings. The molecule has 0 radical (unpaired) electrons. The number of hydrogen-bond donors (Lipinski definition) is 5. The highest BCUT2D eigenvalue weighted by atomic mass is 32.1. The predicted octanol–water partition coefficient (Wildman–Crippen LogP) is 2.02. The molecule has 7 heteroatoms. The van der Waals surface area contributed by atoms with Gasteiger partial charge < -0.3 is 30.3 Å². The van der Waals surface area contributed by atoms with E-state index < -0.39 is 37.1 Å². The first-order valence-electron chi connectivity index (χ1n) is 9.49. The Labute approximate surface area is 172 Å². The molecule has 0 bridgehead atoms. The quantitative estimate of drug-likeness (QED) is 0.445. The molecular weight excluding hydrogens is 392 g/mol. The van der Waals surface area contributed by atoms with Crippen molar-refractivity contribution in [2.45, 2.75) is 43.9 Å². The molecule has 3 aromatic rings. The van der Waals surface area contributed by atoms with Crippen molar-refractivity contribution >= 4 is 21.4 Å². The van der Waals surface area contributed by atoms with Gasteiger partial charge in [0.25, 0.3) is 0 Å². The first-order chi connectivity index (χ1) is 13.9. The van der Waals surface area contributed by atoms with E-state index in [9.17, 15) is 25.5 Å².